The molecule has 1 rings (SSSR count). The first kappa shape index (κ1) is 11.2. The Labute approximate surface area is 79.0 Å². The van der Waals surface area contributed by atoms with Crippen LogP contribution in [0.4, 0.5) is 0 Å². The van der Waals surface area contributed by atoms with Gasteiger partial charge in [-0.15, -0.1) is 0 Å². The highest BCUT2D eigenvalue weighted by atomic mass is 16.7. The number of rotatable bonds is 3. The van der Waals surface area contributed by atoms with Gasteiger partial charge in [-0.1, -0.05) is 5.11 Å². The van der Waals surface area contributed by atoms with E-state index in [-0.39, 0.29) is 6.54 Å². The maximum Gasteiger partial charge on any atom is 0.219 e. The fraction of sp³-hybridized carbons (Fsp3) is 1.00. The molecule has 0 saturated carbocycles. The first-order chi connectivity index (χ1) is 6.55. The van der Waals surface area contributed by atoms with E-state index in [2.05, 4.69) is 10.0 Å². The number of hydrogen-bond donors (Lipinski definition) is 4. The van der Waals surface area contributed by atoms with Gasteiger partial charge in [0.15, 0.2) is 0 Å². The van der Waals surface area contributed by atoms with Crippen LogP contribution in [0.1, 0.15) is 0 Å². The van der Waals surface area contributed by atoms with Gasteiger partial charge in [0.2, 0.25) is 5.79 Å². The van der Waals surface area contributed by atoms with Gasteiger partial charge in [-0.25, -0.2) is 0 Å². The van der Waals surface area contributed by atoms with E-state index in [1.807, 2.05) is 0 Å². The van der Waals surface area contributed by atoms with Crippen LogP contribution in [0.3, 0.4) is 0 Å². The van der Waals surface area contributed by atoms with E-state index in [9.17, 15) is 15.3 Å². The molecule has 0 aromatic rings. The van der Waals surface area contributed by atoms with Gasteiger partial charge >= 0.3 is 0 Å². The fourth-order valence-corrected chi connectivity index (χ4v) is 1.26. The first-order valence-electron chi connectivity index (χ1n) is 3.93. The minimum Gasteiger partial charge on any atom is -0.391 e. The lowest BCUT2D eigenvalue weighted by Gasteiger charge is -2.22. The Morgan fingerprint density at radius 3 is 2.57 bits per heavy atom. The molecule has 1 unspecified atom stereocenters. The molecule has 1 saturated heterocycles. The highest BCUT2D eigenvalue weighted by Crippen LogP contribution is 2.28. The zero-order chi connectivity index (χ0) is 10.8. The highest BCUT2D eigenvalue weighted by molar-refractivity contribution is 4.95. The quantitative estimate of drug-likeness (QED) is 0.242. The van der Waals surface area contributed by atoms with Crippen LogP contribution in [0, 0.1) is 0 Å². The summed E-state index contributed by atoms with van der Waals surface area (Å²) in [4.78, 5) is 2.44. The predicted molar refractivity (Wildman–Crippen MR) is 42.9 cm³/mol. The van der Waals surface area contributed by atoms with E-state index in [4.69, 9.17) is 15.4 Å². The van der Waals surface area contributed by atoms with Gasteiger partial charge < -0.3 is 25.2 Å². The molecule has 80 valence electrons. The lowest BCUT2D eigenvalue weighted by Crippen LogP contribution is -2.46. The van der Waals surface area contributed by atoms with Gasteiger partial charge in [-0.3, -0.25) is 0 Å². The molecule has 4 N–H and O–H groups in total. The van der Waals surface area contributed by atoms with E-state index >= 15 is 0 Å². The molecule has 0 bridgehead atoms. The minimum atomic E-state index is -2.19. The van der Waals surface area contributed by atoms with Gasteiger partial charge in [-0.2, -0.15) is 0 Å². The largest absolute Gasteiger partial charge is 0.391 e. The third kappa shape index (κ3) is 1.80. The van der Waals surface area contributed by atoms with Crippen molar-refractivity contribution in [3.8, 4) is 0 Å². The molecule has 0 spiro atoms. The Balaban J connectivity index is 2.71. The van der Waals surface area contributed by atoms with E-state index < -0.39 is 30.7 Å². The van der Waals surface area contributed by atoms with Crippen LogP contribution in [0.2, 0.25) is 0 Å². The van der Waals surface area contributed by atoms with Crippen LogP contribution >= 0.6 is 0 Å². The van der Waals surface area contributed by atoms with Crippen molar-refractivity contribution in [3.63, 3.8) is 0 Å². The molecule has 4 atom stereocenters. The van der Waals surface area contributed by atoms with E-state index in [1.165, 1.54) is 0 Å². The van der Waals surface area contributed by atoms with Crippen LogP contribution in [0.5, 0.6) is 0 Å². The van der Waals surface area contributed by atoms with E-state index in [0.717, 1.165) is 0 Å². The maximum absolute atomic E-state index is 9.39. The molecule has 0 aliphatic carbocycles. The van der Waals surface area contributed by atoms with Crippen molar-refractivity contribution in [1.29, 1.82) is 0 Å². The molecular weight excluding hydrogens is 194 g/mol. The standard InChI is InChI=1S/C6H11N3O5/c7-9-8-1-3-4(11)5(12)6(13,2-10)14-3/h3-5,10-13H,1-2H2/t3-,4-,5+,6?/m0/s1. The zero-order valence-corrected chi connectivity index (χ0v) is 7.19. The monoisotopic (exact) mass is 205 g/mol. The summed E-state index contributed by atoms with van der Waals surface area (Å²) in [5.41, 5.74) is 8.01. The number of nitrogens with zero attached hydrogens (tertiary/aromatic N) is 3. The molecule has 14 heavy (non-hydrogen) atoms. The molecule has 0 radical (unpaired) electrons. The Morgan fingerprint density at radius 1 is 1.50 bits per heavy atom. The second-order valence-electron chi connectivity index (χ2n) is 3.01. The SMILES string of the molecule is [N-]=[N+]=NC[C@@H]1OC(O)(CO)[C@H](O)[C@H]1O. The first-order valence-corrected chi connectivity index (χ1v) is 3.93. The van der Waals surface area contributed by atoms with Crippen LogP contribution in [0.15, 0.2) is 5.11 Å². The minimum absolute atomic E-state index is 0.225. The Bertz CT molecular complexity index is 256. The Kier molecular flexibility index (Phi) is 3.27. The molecule has 1 aliphatic rings. The van der Waals surface area contributed by atoms with Gasteiger partial charge in [0.1, 0.15) is 12.2 Å². The number of hydrogen-bond acceptors (Lipinski definition) is 6. The predicted octanol–water partition coefficient (Wildman–Crippen LogP) is -1.90. The van der Waals surface area contributed by atoms with Crippen molar-refractivity contribution >= 4 is 0 Å². The summed E-state index contributed by atoms with van der Waals surface area (Å²) in [7, 11) is 0. The third-order valence-electron chi connectivity index (χ3n) is 2.07. The third-order valence-corrected chi connectivity index (χ3v) is 2.07. The summed E-state index contributed by atoms with van der Waals surface area (Å²) >= 11 is 0. The normalized spacial score (nSPS) is 42.1. The highest BCUT2D eigenvalue weighted by Gasteiger charge is 2.52. The van der Waals surface area contributed by atoms with Crippen molar-refractivity contribution in [3.05, 3.63) is 10.4 Å². The molecule has 0 aromatic heterocycles. The lowest BCUT2D eigenvalue weighted by molar-refractivity contribution is -0.244. The molecule has 1 fully saturated rings. The smallest absolute Gasteiger partial charge is 0.219 e. The van der Waals surface area contributed by atoms with Crippen molar-refractivity contribution in [2.24, 2.45) is 5.11 Å². The summed E-state index contributed by atoms with van der Waals surface area (Å²) in [5.74, 6) is -2.19. The van der Waals surface area contributed by atoms with Crippen LogP contribution in [0.25, 0.3) is 10.4 Å². The van der Waals surface area contributed by atoms with Crippen LogP contribution in [-0.4, -0.2) is 57.7 Å². The Morgan fingerprint density at radius 2 is 2.14 bits per heavy atom. The molecule has 8 heteroatoms. The second-order valence-corrected chi connectivity index (χ2v) is 3.01. The molecule has 1 aliphatic heterocycles. The zero-order valence-electron chi connectivity index (χ0n) is 7.19. The fourth-order valence-electron chi connectivity index (χ4n) is 1.26. The lowest BCUT2D eigenvalue weighted by atomic mass is 10.1. The average molecular weight is 205 g/mol. The molecule has 0 aromatic carbocycles. The number of ether oxygens (including phenoxy) is 1. The van der Waals surface area contributed by atoms with E-state index in [0.29, 0.717) is 0 Å². The van der Waals surface area contributed by atoms with Crippen molar-refractivity contribution in [2.75, 3.05) is 13.2 Å². The van der Waals surface area contributed by atoms with Crippen molar-refractivity contribution in [1.82, 2.24) is 0 Å². The second kappa shape index (κ2) is 4.09. The number of azide groups is 1. The Hall–Kier alpha value is -0.890. The molecule has 1 heterocycles. The summed E-state index contributed by atoms with van der Waals surface area (Å²) in [6.07, 6.45) is -4.03. The van der Waals surface area contributed by atoms with Gasteiger partial charge in [0.25, 0.3) is 0 Å². The van der Waals surface area contributed by atoms with E-state index in [1.54, 1.807) is 0 Å². The van der Waals surface area contributed by atoms with Crippen LogP contribution in [-0.2, 0) is 4.74 Å². The molecule has 8 nitrogen and oxygen atoms in total. The van der Waals surface area contributed by atoms with Gasteiger partial charge in [0.05, 0.1) is 19.3 Å². The average Bonchev–Trinajstić information content (AvgIpc) is 2.41. The van der Waals surface area contributed by atoms with Crippen LogP contribution < -0.4 is 0 Å². The van der Waals surface area contributed by atoms with Crippen molar-refractivity contribution < 1.29 is 25.2 Å². The van der Waals surface area contributed by atoms with Gasteiger partial charge in [0, 0.05) is 4.91 Å². The van der Waals surface area contributed by atoms with Gasteiger partial charge in [-0.05, 0) is 5.53 Å². The molecular formula is C6H11N3O5. The molecule has 0 amide bonds. The number of aliphatic hydroxyl groups excluding tert-OH is 3. The summed E-state index contributed by atoms with van der Waals surface area (Å²) in [5, 5.41) is 39.8. The maximum atomic E-state index is 9.39. The summed E-state index contributed by atoms with van der Waals surface area (Å²) in [6, 6.07) is 0. The summed E-state index contributed by atoms with van der Waals surface area (Å²) in [6.45, 7) is -1.07. The summed E-state index contributed by atoms with van der Waals surface area (Å²) < 4.78 is 4.77. The van der Waals surface area contributed by atoms with Crippen molar-refractivity contribution in [2.45, 2.75) is 24.1 Å². The number of aliphatic hydroxyl groups is 4. The topological polar surface area (TPSA) is 139 Å².